The van der Waals surface area contributed by atoms with Crippen LogP contribution in [-0.2, 0) is 0 Å². The summed E-state index contributed by atoms with van der Waals surface area (Å²) in [5.41, 5.74) is 2.15. The van der Waals surface area contributed by atoms with Crippen molar-refractivity contribution in [3.63, 3.8) is 0 Å². The zero-order valence-corrected chi connectivity index (χ0v) is 16.6. The van der Waals surface area contributed by atoms with Crippen LogP contribution in [0, 0.1) is 11.3 Å². The lowest BCUT2D eigenvalue weighted by molar-refractivity contribution is 0.350. The Balaban J connectivity index is 2.13. The van der Waals surface area contributed by atoms with Crippen molar-refractivity contribution < 1.29 is 18.6 Å². The van der Waals surface area contributed by atoms with Gasteiger partial charge in [-0.15, -0.1) is 0 Å². The topological polar surface area (TPSA) is 97.5 Å². The first-order chi connectivity index (χ1) is 14.6. The molecule has 4 rings (SSSR count). The maximum atomic E-state index is 12.8. The average molecular weight is 402 g/mol. The van der Waals surface area contributed by atoms with Gasteiger partial charge in [-0.2, -0.15) is 5.26 Å². The van der Waals surface area contributed by atoms with Crippen LogP contribution in [0.3, 0.4) is 0 Å². The van der Waals surface area contributed by atoms with E-state index in [2.05, 4.69) is 4.98 Å². The van der Waals surface area contributed by atoms with Gasteiger partial charge < -0.3 is 23.6 Å². The van der Waals surface area contributed by atoms with E-state index in [9.17, 15) is 10.1 Å². The first-order valence-corrected chi connectivity index (χ1v) is 9.06. The number of ether oxygens (including phenoxy) is 3. The van der Waals surface area contributed by atoms with Gasteiger partial charge in [0.15, 0.2) is 11.3 Å². The van der Waals surface area contributed by atoms with Crippen molar-refractivity contribution in [3.05, 3.63) is 64.6 Å². The molecule has 0 saturated carbocycles. The Morgan fingerprint density at radius 3 is 2.30 bits per heavy atom. The van der Waals surface area contributed by atoms with E-state index in [-0.39, 0.29) is 5.56 Å². The van der Waals surface area contributed by atoms with Gasteiger partial charge in [0.25, 0.3) is 5.56 Å². The number of aromatic amines is 1. The number of H-pyrrole nitrogens is 1. The van der Waals surface area contributed by atoms with Gasteiger partial charge in [-0.05, 0) is 17.7 Å². The summed E-state index contributed by atoms with van der Waals surface area (Å²) in [5.74, 6) is 1.17. The van der Waals surface area contributed by atoms with Gasteiger partial charge >= 0.3 is 0 Å². The summed E-state index contributed by atoms with van der Waals surface area (Å²) in [6.45, 7) is 0. The molecule has 7 nitrogen and oxygen atoms in total. The number of methoxy groups -OCH3 is 3. The second-order valence-corrected chi connectivity index (χ2v) is 6.42. The highest BCUT2D eigenvalue weighted by atomic mass is 16.5. The molecule has 0 unspecified atom stereocenters. The van der Waals surface area contributed by atoms with Gasteiger partial charge in [-0.1, -0.05) is 30.3 Å². The summed E-state index contributed by atoms with van der Waals surface area (Å²) in [6, 6.07) is 14.7. The minimum absolute atomic E-state index is 0.0271. The van der Waals surface area contributed by atoms with Crippen molar-refractivity contribution in [2.45, 2.75) is 0 Å². The molecule has 2 aromatic carbocycles. The van der Waals surface area contributed by atoms with E-state index in [1.54, 1.807) is 12.1 Å². The zero-order valence-electron chi connectivity index (χ0n) is 16.6. The second kappa shape index (κ2) is 7.68. The van der Waals surface area contributed by atoms with Gasteiger partial charge in [0.05, 0.1) is 44.2 Å². The van der Waals surface area contributed by atoms with E-state index >= 15 is 0 Å². The summed E-state index contributed by atoms with van der Waals surface area (Å²) < 4.78 is 22.4. The number of pyridine rings is 1. The Morgan fingerprint density at radius 1 is 0.967 bits per heavy atom. The fraction of sp³-hybridized carbons (Fsp3) is 0.130. The highest BCUT2D eigenvalue weighted by Crippen LogP contribution is 2.50. The van der Waals surface area contributed by atoms with Crippen molar-refractivity contribution in [1.82, 2.24) is 4.98 Å². The van der Waals surface area contributed by atoms with E-state index in [0.29, 0.717) is 45.0 Å². The quantitative estimate of drug-likeness (QED) is 0.533. The van der Waals surface area contributed by atoms with Crippen LogP contribution < -0.4 is 19.8 Å². The van der Waals surface area contributed by atoms with Crippen LogP contribution in [0.5, 0.6) is 17.2 Å². The molecule has 0 aliphatic heterocycles. The molecule has 2 aromatic heterocycles. The van der Waals surface area contributed by atoms with Crippen molar-refractivity contribution >= 4 is 11.0 Å². The van der Waals surface area contributed by atoms with E-state index in [1.165, 1.54) is 27.6 Å². The molecule has 0 bridgehead atoms. The van der Waals surface area contributed by atoms with Gasteiger partial charge in [-0.25, -0.2) is 0 Å². The van der Waals surface area contributed by atoms with Crippen LogP contribution in [-0.4, -0.2) is 26.3 Å². The molecule has 0 spiro atoms. The number of benzene rings is 2. The number of hydrogen-bond donors (Lipinski definition) is 1. The number of aromatic nitrogens is 1. The monoisotopic (exact) mass is 402 g/mol. The summed E-state index contributed by atoms with van der Waals surface area (Å²) in [6.07, 6.45) is 1.52. The van der Waals surface area contributed by atoms with Crippen molar-refractivity contribution in [2.24, 2.45) is 0 Å². The number of nitrogens with one attached hydrogen (secondary N) is 1. The van der Waals surface area contributed by atoms with E-state index in [0.717, 1.165) is 5.56 Å². The Kier molecular flexibility index (Phi) is 4.90. The zero-order chi connectivity index (χ0) is 21.3. The van der Waals surface area contributed by atoms with Crippen molar-refractivity contribution in [1.29, 1.82) is 5.26 Å². The predicted octanol–water partition coefficient (Wildman–Crippen LogP) is 4.35. The third-order valence-corrected chi connectivity index (χ3v) is 4.89. The summed E-state index contributed by atoms with van der Waals surface area (Å²) in [4.78, 5) is 15.6. The first kappa shape index (κ1) is 19.2. The lowest BCUT2D eigenvalue weighted by Crippen LogP contribution is -2.13. The lowest BCUT2D eigenvalue weighted by Gasteiger charge is -2.18. The molecule has 0 aliphatic carbocycles. The molecule has 2 heterocycles. The number of fused-ring (bicyclic) bond motifs is 1. The summed E-state index contributed by atoms with van der Waals surface area (Å²) >= 11 is 0. The van der Waals surface area contributed by atoms with Gasteiger partial charge in [-0.3, -0.25) is 4.79 Å². The standard InChI is InChI=1S/C23H18N2O5/c1-27-19-14-9-10-30-20(14)22(29-3)21(28-2)18(19)17-11-15(13-7-5-4-6-8-13)16(12-24)23(26)25-17/h4-11H,1-3H3,(H,25,26). The van der Waals surface area contributed by atoms with E-state index in [4.69, 9.17) is 18.6 Å². The first-order valence-electron chi connectivity index (χ1n) is 9.06. The van der Waals surface area contributed by atoms with Gasteiger partial charge in [0, 0.05) is 5.56 Å². The molecule has 0 saturated heterocycles. The molecular weight excluding hydrogens is 384 g/mol. The number of rotatable bonds is 5. The van der Waals surface area contributed by atoms with Crippen LogP contribution in [0.4, 0.5) is 0 Å². The number of hydrogen-bond acceptors (Lipinski definition) is 6. The maximum Gasteiger partial charge on any atom is 0.266 e. The fourth-order valence-corrected chi connectivity index (χ4v) is 3.61. The van der Waals surface area contributed by atoms with E-state index in [1.807, 2.05) is 36.4 Å². The van der Waals surface area contributed by atoms with Gasteiger partial charge in [0.1, 0.15) is 17.4 Å². The minimum atomic E-state index is -0.510. The molecule has 150 valence electrons. The molecule has 4 aromatic rings. The molecule has 7 heteroatoms. The Hall–Kier alpha value is -4.18. The van der Waals surface area contributed by atoms with Crippen LogP contribution in [0.2, 0.25) is 0 Å². The van der Waals surface area contributed by atoms with Crippen molar-refractivity contribution in [2.75, 3.05) is 21.3 Å². The van der Waals surface area contributed by atoms with Crippen LogP contribution in [0.1, 0.15) is 5.56 Å². The Morgan fingerprint density at radius 2 is 1.67 bits per heavy atom. The highest BCUT2D eigenvalue weighted by Gasteiger charge is 2.26. The third kappa shape index (κ3) is 2.86. The SMILES string of the molecule is COc1c(-c2cc(-c3ccccc3)c(C#N)c(=O)[nH]2)c(OC)c2ccoc2c1OC. The van der Waals surface area contributed by atoms with E-state index < -0.39 is 5.56 Å². The van der Waals surface area contributed by atoms with Crippen LogP contribution >= 0.6 is 0 Å². The molecule has 0 atom stereocenters. The molecular formula is C23H18N2O5. The highest BCUT2D eigenvalue weighted by molar-refractivity contribution is 6.00. The average Bonchev–Trinajstić information content (AvgIpc) is 3.26. The summed E-state index contributed by atoms with van der Waals surface area (Å²) in [5, 5.41) is 10.2. The minimum Gasteiger partial charge on any atom is -0.495 e. The van der Waals surface area contributed by atoms with Crippen molar-refractivity contribution in [3.8, 4) is 45.7 Å². The third-order valence-electron chi connectivity index (χ3n) is 4.89. The lowest BCUT2D eigenvalue weighted by atomic mass is 9.97. The number of nitriles is 1. The second-order valence-electron chi connectivity index (χ2n) is 6.42. The normalized spacial score (nSPS) is 10.6. The smallest absolute Gasteiger partial charge is 0.266 e. The molecule has 0 amide bonds. The fourth-order valence-electron chi connectivity index (χ4n) is 3.61. The number of nitrogens with zero attached hydrogens (tertiary/aromatic N) is 1. The van der Waals surface area contributed by atoms with Crippen LogP contribution in [0.15, 0.2) is 57.9 Å². The largest absolute Gasteiger partial charge is 0.495 e. The molecule has 30 heavy (non-hydrogen) atoms. The molecule has 0 radical (unpaired) electrons. The predicted molar refractivity (Wildman–Crippen MR) is 112 cm³/mol. The Bertz CT molecular complexity index is 1330. The summed E-state index contributed by atoms with van der Waals surface area (Å²) in [7, 11) is 4.53. The molecule has 0 aliphatic rings. The maximum absolute atomic E-state index is 12.8. The molecule has 0 fully saturated rings. The molecule has 1 N–H and O–H groups in total. The van der Waals surface area contributed by atoms with Gasteiger partial charge in [0.2, 0.25) is 5.75 Å². The van der Waals surface area contributed by atoms with Crippen LogP contribution in [0.25, 0.3) is 33.4 Å². The Labute approximate surface area is 172 Å². The number of furan rings is 1.